The number of anilines is 2. The molecule has 0 amide bonds. The molecule has 0 aromatic heterocycles. The number of nitrogens with two attached hydrogens (primary N) is 1. The van der Waals surface area contributed by atoms with Crippen molar-refractivity contribution in [2.45, 2.75) is 26.4 Å². The van der Waals surface area contributed by atoms with Crippen molar-refractivity contribution in [3.8, 4) is 0 Å². The maximum atomic E-state index is 13.4. The van der Waals surface area contributed by atoms with Crippen LogP contribution in [0.4, 0.5) is 15.8 Å². The highest BCUT2D eigenvalue weighted by Crippen LogP contribution is 2.27. The average Bonchev–Trinajstić information content (AvgIpc) is 2.40. The molecule has 3 heteroatoms. The van der Waals surface area contributed by atoms with Crippen molar-refractivity contribution in [3.63, 3.8) is 0 Å². The van der Waals surface area contributed by atoms with Crippen LogP contribution in [0.2, 0.25) is 0 Å². The molecule has 2 aromatic rings. The number of hydrogen-bond acceptors (Lipinski definition) is 2. The highest BCUT2D eigenvalue weighted by atomic mass is 19.1. The summed E-state index contributed by atoms with van der Waals surface area (Å²) in [5.74, 6) is -0.261. The lowest BCUT2D eigenvalue weighted by Crippen LogP contribution is -2.30. The minimum atomic E-state index is -0.261. The van der Waals surface area contributed by atoms with Crippen molar-refractivity contribution in [2.75, 3.05) is 10.6 Å². The van der Waals surface area contributed by atoms with E-state index in [1.807, 2.05) is 18.2 Å². The zero-order chi connectivity index (χ0) is 13.8. The lowest BCUT2D eigenvalue weighted by molar-refractivity contribution is 0.622. The molecule has 0 bridgehead atoms. The van der Waals surface area contributed by atoms with Crippen LogP contribution in [-0.4, -0.2) is 6.04 Å². The Kier molecular flexibility index (Phi) is 4.05. The minimum absolute atomic E-state index is 0.240. The van der Waals surface area contributed by atoms with Crippen LogP contribution in [0.15, 0.2) is 48.5 Å². The van der Waals surface area contributed by atoms with Gasteiger partial charge in [-0.2, -0.15) is 0 Å². The zero-order valence-corrected chi connectivity index (χ0v) is 11.3. The summed E-state index contributed by atoms with van der Waals surface area (Å²) in [4.78, 5) is 2.10. The summed E-state index contributed by atoms with van der Waals surface area (Å²) in [6.45, 7) is 4.87. The third-order valence-electron chi connectivity index (χ3n) is 3.12. The van der Waals surface area contributed by atoms with Crippen molar-refractivity contribution >= 4 is 11.4 Å². The smallest absolute Gasteiger partial charge is 0.125 e. The first-order chi connectivity index (χ1) is 9.08. The second-order valence-corrected chi connectivity index (χ2v) is 4.91. The van der Waals surface area contributed by atoms with Gasteiger partial charge in [-0.15, -0.1) is 0 Å². The third kappa shape index (κ3) is 3.25. The summed E-state index contributed by atoms with van der Waals surface area (Å²) in [6.07, 6.45) is 0. The molecule has 0 unspecified atom stereocenters. The lowest BCUT2D eigenvalue weighted by Gasteiger charge is -2.30. The maximum Gasteiger partial charge on any atom is 0.125 e. The van der Waals surface area contributed by atoms with E-state index < -0.39 is 0 Å². The first-order valence-electron chi connectivity index (χ1n) is 6.43. The Morgan fingerprint density at radius 3 is 2.42 bits per heavy atom. The number of rotatable bonds is 4. The van der Waals surface area contributed by atoms with Gasteiger partial charge in [-0.1, -0.05) is 30.3 Å². The van der Waals surface area contributed by atoms with Crippen LogP contribution in [0.25, 0.3) is 0 Å². The fourth-order valence-corrected chi connectivity index (χ4v) is 2.09. The van der Waals surface area contributed by atoms with E-state index >= 15 is 0 Å². The van der Waals surface area contributed by atoms with Crippen LogP contribution in [-0.2, 0) is 6.54 Å². The number of benzene rings is 2. The van der Waals surface area contributed by atoms with Gasteiger partial charge in [0.2, 0.25) is 0 Å². The molecular weight excluding hydrogens is 239 g/mol. The zero-order valence-electron chi connectivity index (χ0n) is 11.3. The minimum Gasteiger partial charge on any atom is -0.397 e. The average molecular weight is 258 g/mol. The Bertz CT molecular complexity index is 538. The molecule has 0 spiro atoms. The molecule has 0 fully saturated rings. The monoisotopic (exact) mass is 258 g/mol. The van der Waals surface area contributed by atoms with E-state index in [0.29, 0.717) is 12.2 Å². The van der Waals surface area contributed by atoms with Crippen molar-refractivity contribution in [2.24, 2.45) is 0 Å². The van der Waals surface area contributed by atoms with Gasteiger partial charge in [-0.25, -0.2) is 4.39 Å². The molecule has 0 aliphatic heterocycles. The second kappa shape index (κ2) is 5.74. The van der Waals surface area contributed by atoms with Gasteiger partial charge in [0.15, 0.2) is 0 Å². The van der Waals surface area contributed by atoms with Crippen LogP contribution < -0.4 is 10.6 Å². The first kappa shape index (κ1) is 13.4. The van der Waals surface area contributed by atoms with E-state index in [1.165, 1.54) is 17.7 Å². The molecule has 2 nitrogen and oxygen atoms in total. The van der Waals surface area contributed by atoms with E-state index in [4.69, 9.17) is 5.73 Å². The van der Waals surface area contributed by atoms with Gasteiger partial charge in [0, 0.05) is 12.6 Å². The van der Waals surface area contributed by atoms with Crippen molar-refractivity contribution < 1.29 is 4.39 Å². The summed E-state index contributed by atoms with van der Waals surface area (Å²) < 4.78 is 13.4. The Labute approximate surface area is 113 Å². The molecule has 19 heavy (non-hydrogen) atoms. The standard InChI is InChI=1S/C16H19FN2/c1-12(2)19(11-13-6-4-3-5-7-13)16-10-14(17)8-9-15(16)18/h3-10,12H,11,18H2,1-2H3. The van der Waals surface area contributed by atoms with Gasteiger partial charge in [0.05, 0.1) is 11.4 Å². The molecule has 0 heterocycles. The number of halogens is 1. The molecule has 2 aromatic carbocycles. The SMILES string of the molecule is CC(C)N(Cc1ccccc1)c1cc(F)ccc1N. The molecular formula is C16H19FN2. The van der Waals surface area contributed by atoms with Crippen LogP contribution in [0.3, 0.4) is 0 Å². The molecule has 0 atom stereocenters. The van der Waals surface area contributed by atoms with Gasteiger partial charge in [-0.3, -0.25) is 0 Å². The molecule has 0 saturated heterocycles. The number of nitrogen functional groups attached to an aromatic ring is 1. The molecule has 0 aliphatic carbocycles. The van der Waals surface area contributed by atoms with E-state index in [2.05, 4.69) is 30.9 Å². The van der Waals surface area contributed by atoms with Crippen LogP contribution in [0, 0.1) is 5.82 Å². The van der Waals surface area contributed by atoms with E-state index in [1.54, 1.807) is 6.07 Å². The fraction of sp³-hybridized carbons (Fsp3) is 0.250. The summed E-state index contributed by atoms with van der Waals surface area (Å²) in [5, 5.41) is 0. The maximum absolute atomic E-state index is 13.4. The van der Waals surface area contributed by atoms with Gasteiger partial charge in [0.1, 0.15) is 5.82 Å². The van der Waals surface area contributed by atoms with Crippen LogP contribution in [0.1, 0.15) is 19.4 Å². The molecule has 2 N–H and O–H groups in total. The highest BCUT2D eigenvalue weighted by molar-refractivity contribution is 5.68. The molecule has 2 rings (SSSR count). The predicted molar refractivity (Wildman–Crippen MR) is 78.6 cm³/mol. The molecule has 0 radical (unpaired) electrons. The van der Waals surface area contributed by atoms with E-state index in [-0.39, 0.29) is 11.9 Å². The van der Waals surface area contributed by atoms with Crippen molar-refractivity contribution in [3.05, 3.63) is 59.9 Å². The summed E-state index contributed by atoms with van der Waals surface area (Å²) in [7, 11) is 0. The largest absolute Gasteiger partial charge is 0.397 e. The number of nitrogens with zero attached hydrogens (tertiary/aromatic N) is 1. The highest BCUT2D eigenvalue weighted by Gasteiger charge is 2.14. The topological polar surface area (TPSA) is 29.3 Å². The summed E-state index contributed by atoms with van der Waals surface area (Å²) >= 11 is 0. The molecule has 0 aliphatic rings. The Morgan fingerprint density at radius 1 is 1.11 bits per heavy atom. The van der Waals surface area contributed by atoms with Gasteiger partial charge >= 0.3 is 0 Å². The van der Waals surface area contributed by atoms with Crippen molar-refractivity contribution in [1.29, 1.82) is 0 Å². The third-order valence-corrected chi connectivity index (χ3v) is 3.12. The van der Waals surface area contributed by atoms with Gasteiger partial charge in [-0.05, 0) is 37.6 Å². The van der Waals surface area contributed by atoms with E-state index in [9.17, 15) is 4.39 Å². The second-order valence-electron chi connectivity index (χ2n) is 4.91. The first-order valence-corrected chi connectivity index (χ1v) is 6.43. The van der Waals surface area contributed by atoms with Gasteiger partial charge in [0.25, 0.3) is 0 Å². The van der Waals surface area contributed by atoms with Gasteiger partial charge < -0.3 is 10.6 Å². The summed E-state index contributed by atoms with van der Waals surface area (Å²) in [6, 6.07) is 14.9. The normalized spacial score (nSPS) is 10.7. The van der Waals surface area contributed by atoms with Crippen LogP contribution in [0.5, 0.6) is 0 Å². The summed E-state index contributed by atoms with van der Waals surface area (Å²) in [5.41, 5.74) is 8.51. The lowest BCUT2D eigenvalue weighted by atomic mass is 10.1. The van der Waals surface area contributed by atoms with E-state index in [0.717, 1.165) is 5.69 Å². The Hall–Kier alpha value is -2.03. The van der Waals surface area contributed by atoms with Crippen molar-refractivity contribution in [1.82, 2.24) is 0 Å². The molecule has 0 saturated carbocycles. The Balaban J connectivity index is 2.32. The predicted octanol–water partition coefficient (Wildman–Crippen LogP) is 3.82. The fourth-order valence-electron chi connectivity index (χ4n) is 2.09. The molecule has 100 valence electrons. The quantitative estimate of drug-likeness (QED) is 0.845. The number of hydrogen-bond donors (Lipinski definition) is 1. The van der Waals surface area contributed by atoms with Crippen LogP contribution >= 0.6 is 0 Å². The Morgan fingerprint density at radius 2 is 1.79 bits per heavy atom.